The summed E-state index contributed by atoms with van der Waals surface area (Å²) in [5, 5.41) is 11.7. The number of carbonyl (C=O) groups is 2. The van der Waals surface area contributed by atoms with Gasteiger partial charge in [0.25, 0.3) is 10.0 Å². The Bertz CT molecular complexity index is 1140. The van der Waals surface area contributed by atoms with Gasteiger partial charge in [0.1, 0.15) is 17.6 Å². The summed E-state index contributed by atoms with van der Waals surface area (Å²) < 4.78 is 37.9. The SMILES string of the molecule is COC(=O)[C@H](CNC(=O)C[C@@H]1C[C@H](c2ccc(C(=N)N)cc2)N(C)O1)NS(=O)(=O)C1=C(C)OCN1C. The van der Waals surface area contributed by atoms with Gasteiger partial charge < -0.3 is 25.4 Å². The van der Waals surface area contributed by atoms with E-state index in [1.165, 1.54) is 11.8 Å². The standard InChI is InChI=1S/C22H32N6O7S/c1-13-21(27(2)12-34-13)36(31,32)26-17(22(30)33-4)11-25-19(29)10-16-9-18(28(3)35-16)14-5-7-15(8-6-14)20(23)24/h5-8,16-18,26H,9-12H2,1-4H3,(H3,23,24)(H,25,29)/t16-,17-,18+/m0/s1. The van der Waals surface area contributed by atoms with Gasteiger partial charge in [-0.25, -0.2) is 8.42 Å². The van der Waals surface area contributed by atoms with E-state index in [0.717, 1.165) is 12.7 Å². The first-order chi connectivity index (χ1) is 16.9. The van der Waals surface area contributed by atoms with Crippen LogP contribution in [0.2, 0.25) is 0 Å². The molecule has 0 saturated carbocycles. The molecule has 1 aromatic carbocycles. The number of amidine groups is 1. The second kappa shape index (κ2) is 11.2. The van der Waals surface area contributed by atoms with Crippen LogP contribution in [0.3, 0.4) is 0 Å². The number of methoxy groups -OCH3 is 1. The van der Waals surface area contributed by atoms with E-state index in [-0.39, 0.29) is 42.4 Å². The number of benzene rings is 1. The van der Waals surface area contributed by atoms with Gasteiger partial charge in [-0.05, 0) is 18.9 Å². The summed E-state index contributed by atoms with van der Waals surface area (Å²) in [6.07, 6.45) is 0.127. The first kappa shape index (κ1) is 27.4. The Balaban J connectivity index is 1.58. The maximum Gasteiger partial charge on any atom is 0.325 e. The number of hydroxylamine groups is 2. The molecule has 0 spiro atoms. The smallest absolute Gasteiger partial charge is 0.325 e. The molecular weight excluding hydrogens is 492 g/mol. The number of nitrogens with zero attached hydrogens (tertiary/aromatic N) is 2. The van der Waals surface area contributed by atoms with Crippen molar-refractivity contribution in [2.24, 2.45) is 5.73 Å². The lowest BCUT2D eigenvalue weighted by Crippen LogP contribution is -2.50. The lowest BCUT2D eigenvalue weighted by molar-refractivity contribution is -0.152. The fourth-order valence-electron chi connectivity index (χ4n) is 4.13. The van der Waals surface area contributed by atoms with Crippen molar-refractivity contribution in [2.75, 3.05) is 34.5 Å². The number of sulfonamides is 1. The van der Waals surface area contributed by atoms with E-state index in [9.17, 15) is 18.0 Å². The number of amides is 1. The topological polar surface area (TPSA) is 176 Å². The van der Waals surface area contributed by atoms with Crippen LogP contribution in [0.15, 0.2) is 35.1 Å². The molecule has 0 radical (unpaired) electrons. The van der Waals surface area contributed by atoms with Crippen molar-refractivity contribution in [3.63, 3.8) is 0 Å². The van der Waals surface area contributed by atoms with E-state index < -0.39 is 34.0 Å². The maximum atomic E-state index is 12.8. The Kier molecular flexibility index (Phi) is 8.55. The van der Waals surface area contributed by atoms with Crippen LogP contribution in [-0.4, -0.2) is 82.7 Å². The fraction of sp³-hybridized carbons (Fsp3) is 0.500. The van der Waals surface area contributed by atoms with E-state index in [0.29, 0.717) is 12.0 Å². The largest absolute Gasteiger partial charge is 0.475 e. The number of hydrogen-bond donors (Lipinski definition) is 4. The first-order valence-electron chi connectivity index (χ1n) is 11.2. The Hall–Kier alpha value is -3.20. The van der Waals surface area contributed by atoms with Crippen LogP contribution < -0.4 is 15.8 Å². The van der Waals surface area contributed by atoms with Crippen LogP contribution in [0.25, 0.3) is 0 Å². The van der Waals surface area contributed by atoms with Crippen molar-refractivity contribution in [1.29, 1.82) is 5.41 Å². The molecule has 0 aromatic heterocycles. The van der Waals surface area contributed by atoms with Gasteiger partial charge in [-0.3, -0.25) is 19.8 Å². The summed E-state index contributed by atoms with van der Waals surface area (Å²) in [5.74, 6) is -1.07. The summed E-state index contributed by atoms with van der Waals surface area (Å²) in [4.78, 5) is 32.0. The molecule has 3 atom stereocenters. The van der Waals surface area contributed by atoms with Gasteiger partial charge in [0, 0.05) is 26.2 Å². The van der Waals surface area contributed by atoms with Crippen LogP contribution in [0, 0.1) is 5.41 Å². The van der Waals surface area contributed by atoms with Gasteiger partial charge in [0.15, 0.2) is 11.8 Å². The number of nitrogens with two attached hydrogens (primary N) is 1. The minimum absolute atomic E-state index is 0.00779. The Labute approximate surface area is 210 Å². The molecule has 2 aliphatic rings. The number of ether oxygens (including phenoxy) is 2. The Morgan fingerprint density at radius 3 is 2.50 bits per heavy atom. The summed E-state index contributed by atoms with van der Waals surface area (Å²) >= 11 is 0. The maximum absolute atomic E-state index is 12.8. The third-order valence-electron chi connectivity index (χ3n) is 5.92. The van der Waals surface area contributed by atoms with E-state index in [4.69, 9.17) is 25.5 Å². The van der Waals surface area contributed by atoms with Crippen LogP contribution in [0.4, 0.5) is 0 Å². The average Bonchev–Trinajstić information content (AvgIpc) is 3.36. The van der Waals surface area contributed by atoms with Gasteiger partial charge in [-0.2, -0.15) is 9.79 Å². The molecule has 198 valence electrons. The van der Waals surface area contributed by atoms with Gasteiger partial charge in [0.05, 0.1) is 25.7 Å². The summed E-state index contributed by atoms with van der Waals surface area (Å²) in [7, 11) is 0.333. The molecule has 36 heavy (non-hydrogen) atoms. The molecule has 13 nitrogen and oxygen atoms in total. The van der Waals surface area contributed by atoms with Crippen molar-refractivity contribution in [2.45, 2.75) is 38.0 Å². The monoisotopic (exact) mass is 524 g/mol. The zero-order valence-electron chi connectivity index (χ0n) is 20.6. The summed E-state index contributed by atoms with van der Waals surface area (Å²) in [6.45, 7) is 1.27. The highest BCUT2D eigenvalue weighted by Crippen LogP contribution is 2.34. The van der Waals surface area contributed by atoms with Gasteiger partial charge >= 0.3 is 5.97 Å². The van der Waals surface area contributed by atoms with E-state index in [1.807, 2.05) is 12.1 Å². The number of nitrogen functional groups attached to an aromatic ring is 1. The molecule has 2 heterocycles. The third kappa shape index (κ3) is 6.32. The van der Waals surface area contributed by atoms with Crippen LogP contribution in [-0.2, 0) is 33.9 Å². The fourth-order valence-corrected chi connectivity index (χ4v) is 5.70. The number of rotatable bonds is 10. The van der Waals surface area contributed by atoms with E-state index in [1.54, 1.807) is 31.3 Å². The number of allylic oxidation sites excluding steroid dienone is 1. The Morgan fingerprint density at radius 2 is 1.94 bits per heavy atom. The summed E-state index contributed by atoms with van der Waals surface area (Å²) in [5.41, 5.74) is 7.07. The molecule has 1 fully saturated rings. The highest BCUT2D eigenvalue weighted by Gasteiger charge is 2.36. The quantitative estimate of drug-likeness (QED) is 0.181. The predicted molar refractivity (Wildman–Crippen MR) is 129 cm³/mol. The first-order valence-corrected chi connectivity index (χ1v) is 12.7. The molecule has 0 aliphatic carbocycles. The van der Waals surface area contributed by atoms with E-state index in [2.05, 4.69) is 10.0 Å². The predicted octanol–water partition coefficient (Wildman–Crippen LogP) is -0.277. The lowest BCUT2D eigenvalue weighted by Gasteiger charge is -2.20. The molecule has 2 aliphatic heterocycles. The zero-order chi connectivity index (χ0) is 26.6. The molecule has 1 aromatic rings. The average molecular weight is 525 g/mol. The molecule has 0 bridgehead atoms. The molecule has 1 saturated heterocycles. The van der Waals surface area contributed by atoms with Crippen LogP contribution >= 0.6 is 0 Å². The van der Waals surface area contributed by atoms with Gasteiger partial charge in [-0.15, -0.1) is 0 Å². The van der Waals surface area contributed by atoms with Crippen molar-refractivity contribution < 1.29 is 32.3 Å². The second-order valence-corrected chi connectivity index (χ2v) is 10.2. The molecule has 3 rings (SSSR count). The molecule has 14 heteroatoms. The molecule has 0 unspecified atom stereocenters. The van der Waals surface area contributed by atoms with Crippen molar-refractivity contribution in [1.82, 2.24) is 20.0 Å². The number of esters is 1. The normalized spacial score (nSPS) is 21.3. The van der Waals surface area contributed by atoms with E-state index >= 15 is 0 Å². The summed E-state index contributed by atoms with van der Waals surface area (Å²) in [6, 6.07) is 5.80. The molecule has 5 N–H and O–H groups in total. The van der Waals surface area contributed by atoms with Crippen molar-refractivity contribution >= 4 is 27.7 Å². The van der Waals surface area contributed by atoms with Gasteiger partial charge in [-0.1, -0.05) is 24.3 Å². The number of nitrogens with one attached hydrogen (secondary N) is 3. The zero-order valence-corrected chi connectivity index (χ0v) is 21.4. The highest BCUT2D eigenvalue weighted by atomic mass is 32.2. The molecular formula is C22H32N6O7S. The lowest BCUT2D eigenvalue weighted by atomic mass is 9.99. The highest BCUT2D eigenvalue weighted by molar-refractivity contribution is 7.93. The van der Waals surface area contributed by atoms with Crippen molar-refractivity contribution in [3.8, 4) is 0 Å². The minimum atomic E-state index is -4.11. The third-order valence-corrected chi connectivity index (χ3v) is 7.63. The second-order valence-electron chi connectivity index (χ2n) is 8.60. The van der Waals surface area contributed by atoms with Gasteiger partial charge in [0.2, 0.25) is 5.91 Å². The van der Waals surface area contributed by atoms with Crippen LogP contribution in [0.1, 0.15) is 36.9 Å². The van der Waals surface area contributed by atoms with Crippen LogP contribution in [0.5, 0.6) is 0 Å². The Morgan fingerprint density at radius 1 is 1.28 bits per heavy atom. The number of hydrogen-bond acceptors (Lipinski definition) is 10. The van der Waals surface area contributed by atoms with Crippen molar-refractivity contribution in [3.05, 3.63) is 46.2 Å². The number of carbonyl (C=O) groups excluding carboxylic acids is 2. The molecule has 1 amide bonds. The minimum Gasteiger partial charge on any atom is -0.475 e.